The van der Waals surface area contributed by atoms with Gasteiger partial charge in [-0.15, -0.1) is 0 Å². The van der Waals surface area contributed by atoms with Crippen molar-refractivity contribution >= 4 is 0 Å². The number of benzene rings is 1. The molecule has 0 unspecified atom stereocenters. The fourth-order valence-corrected chi connectivity index (χ4v) is 1.85. The van der Waals surface area contributed by atoms with E-state index in [-0.39, 0.29) is 0 Å². The van der Waals surface area contributed by atoms with Gasteiger partial charge in [-0.2, -0.15) is 0 Å². The van der Waals surface area contributed by atoms with E-state index in [0.717, 1.165) is 0 Å². The molecule has 144 valence electrons. The van der Waals surface area contributed by atoms with Crippen LogP contribution < -0.4 is 0 Å². The second-order valence-corrected chi connectivity index (χ2v) is 5.33. The SMILES string of the molecule is C1COCCOCCOCCOCCOCCO1.Cc1ccccc1. The summed E-state index contributed by atoms with van der Waals surface area (Å²) in [7, 11) is 0. The molecule has 2 rings (SSSR count). The maximum atomic E-state index is 5.33. The van der Waals surface area contributed by atoms with Crippen molar-refractivity contribution in [3.8, 4) is 0 Å². The fourth-order valence-electron chi connectivity index (χ4n) is 1.85. The zero-order chi connectivity index (χ0) is 17.8. The Morgan fingerprint density at radius 1 is 0.440 bits per heavy atom. The van der Waals surface area contributed by atoms with Gasteiger partial charge in [0, 0.05) is 0 Å². The Balaban J connectivity index is 0.000000370. The molecular formula is C19H32O6. The Labute approximate surface area is 151 Å². The maximum absolute atomic E-state index is 5.33. The summed E-state index contributed by atoms with van der Waals surface area (Å²) < 4.78 is 32.0. The normalized spacial score (nSPS) is 19.7. The van der Waals surface area contributed by atoms with Gasteiger partial charge in [0.2, 0.25) is 0 Å². The third kappa shape index (κ3) is 16.2. The molecule has 0 spiro atoms. The highest BCUT2D eigenvalue weighted by Crippen LogP contribution is 1.92. The molecule has 1 fully saturated rings. The van der Waals surface area contributed by atoms with Crippen molar-refractivity contribution in [2.45, 2.75) is 6.92 Å². The predicted molar refractivity (Wildman–Crippen MR) is 96.1 cm³/mol. The lowest BCUT2D eigenvalue weighted by Gasteiger charge is -2.09. The lowest BCUT2D eigenvalue weighted by molar-refractivity contribution is -0.0334. The molecular weight excluding hydrogens is 324 g/mol. The highest BCUT2D eigenvalue weighted by Gasteiger charge is 1.95. The van der Waals surface area contributed by atoms with E-state index in [2.05, 4.69) is 19.1 Å². The molecule has 0 saturated carbocycles. The first-order chi connectivity index (χ1) is 12.4. The van der Waals surface area contributed by atoms with Crippen molar-refractivity contribution in [2.75, 3.05) is 79.3 Å². The Morgan fingerprint density at radius 2 is 0.680 bits per heavy atom. The van der Waals surface area contributed by atoms with Crippen molar-refractivity contribution in [3.05, 3.63) is 35.9 Å². The molecule has 6 heteroatoms. The van der Waals surface area contributed by atoms with Gasteiger partial charge in [0.25, 0.3) is 0 Å². The van der Waals surface area contributed by atoms with E-state index in [4.69, 9.17) is 28.4 Å². The van der Waals surface area contributed by atoms with E-state index < -0.39 is 0 Å². The summed E-state index contributed by atoms with van der Waals surface area (Å²) in [5, 5.41) is 0. The van der Waals surface area contributed by atoms with Crippen molar-refractivity contribution in [1.29, 1.82) is 0 Å². The number of ether oxygens (including phenoxy) is 6. The van der Waals surface area contributed by atoms with Crippen LogP contribution in [0.5, 0.6) is 0 Å². The quantitative estimate of drug-likeness (QED) is 0.710. The van der Waals surface area contributed by atoms with E-state index in [1.165, 1.54) is 5.56 Å². The topological polar surface area (TPSA) is 55.4 Å². The van der Waals surface area contributed by atoms with Gasteiger partial charge in [-0.1, -0.05) is 35.9 Å². The van der Waals surface area contributed by atoms with E-state index in [1.54, 1.807) is 0 Å². The number of rotatable bonds is 0. The molecule has 1 aromatic rings. The molecule has 0 aliphatic carbocycles. The first kappa shape index (κ1) is 22.0. The van der Waals surface area contributed by atoms with E-state index >= 15 is 0 Å². The van der Waals surface area contributed by atoms with Gasteiger partial charge in [-0.05, 0) is 6.92 Å². The minimum Gasteiger partial charge on any atom is -0.377 e. The van der Waals surface area contributed by atoms with Gasteiger partial charge in [-0.3, -0.25) is 0 Å². The van der Waals surface area contributed by atoms with Crippen molar-refractivity contribution in [2.24, 2.45) is 0 Å². The van der Waals surface area contributed by atoms with E-state index in [1.807, 2.05) is 18.2 Å². The lowest BCUT2D eigenvalue weighted by atomic mass is 10.2. The van der Waals surface area contributed by atoms with Gasteiger partial charge < -0.3 is 28.4 Å². The average molecular weight is 356 g/mol. The van der Waals surface area contributed by atoms with Gasteiger partial charge >= 0.3 is 0 Å². The molecule has 1 saturated heterocycles. The summed E-state index contributed by atoms with van der Waals surface area (Å²) in [5.41, 5.74) is 1.32. The molecule has 0 radical (unpaired) electrons. The smallest absolute Gasteiger partial charge is 0.0701 e. The molecule has 1 aliphatic rings. The fraction of sp³-hybridized carbons (Fsp3) is 0.684. The molecule has 0 aromatic heterocycles. The number of hydrogen-bond acceptors (Lipinski definition) is 6. The number of hydrogen-bond donors (Lipinski definition) is 0. The van der Waals surface area contributed by atoms with Gasteiger partial charge in [0.1, 0.15) is 0 Å². The van der Waals surface area contributed by atoms with Crippen LogP contribution >= 0.6 is 0 Å². The predicted octanol–water partition coefficient (Wildman–Crippen LogP) is 2.09. The van der Waals surface area contributed by atoms with Crippen LogP contribution in [0.4, 0.5) is 0 Å². The van der Waals surface area contributed by atoms with Crippen LogP contribution in [-0.4, -0.2) is 79.3 Å². The van der Waals surface area contributed by atoms with E-state index in [0.29, 0.717) is 79.3 Å². The Bertz CT molecular complexity index is 298. The third-order valence-electron chi connectivity index (χ3n) is 3.17. The largest absolute Gasteiger partial charge is 0.377 e. The van der Waals surface area contributed by atoms with E-state index in [9.17, 15) is 0 Å². The lowest BCUT2D eigenvalue weighted by Crippen LogP contribution is -2.16. The maximum Gasteiger partial charge on any atom is 0.0701 e. The molecule has 25 heavy (non-hydrogen) atoms. The molecule has 1 aliphatic heterocycles. The van der Waals surface area contributed by atoms with Crippen molar-refractivity contribution in [1.82, 2.24) is 0 Å². The molecule has 0 bridgehead atoms. The minimum atomic E-state index is 0.586. The van der Waals surface area contributed by atoms with Crippen LogP contribution in [0.25, 0.3) is 0 Å². The van der Waals surface area contributed by atoms with Crippen LogP contribution in [0.2, 0.25) is 0 Å². The Morgan fingerprint density at radius 3 is 0.840 bits per heavy atom. The van der Waals surface area contributed by atoms with Crippen molar-refractivity contribution < 1.29 is 28.4 Å². The zero-order valence-electron chi connectivity index (χ0n) is 15.3. The first-order valence-electron chi connectivity index (χ1n) is 8.87. The summed E-state index contributed by atoms with van der Waals surface area (Å²) in [6, 6.07) is 10.3. The molecule has 1 heterocycles. The zero-order valence-corrected chi connectivity index (χ0v) is 15.3. The van der Waals surface area contributed by atoms with Crippen LogP contribution in [0.15, 0.2) is 30.3 Å². The first-order valence-corrected chi connectivity index (χ1v) is 8.87. The summed E-state index contributed by atoms with van der Waals surface area (Å²) >= 11 is 0. The summed E-state index contributed by atoms with van der Waals surface area (Å²) in [6.07, 6.45) is 0. The monoisotopic (exact) mass is 356 g/mol. The molecule has 0 atom stereocenters. The van der Waals surface area contributed by atoms with Gasteiger partial charge in [-0.25, -0.2) is 0 Å². The van der Waals surface area contributed by atoms with Crippen LogP contribution in [0.3, 0.4) is 0 Å². The summed E-state index contributed by atoms with van der Waals surface area (Å²) in [4.78, 5) is 0. The van der Waals surface area contributed by atoms with Crippen LogP contribution in [0.1, 0.15) is 5.56 Å². The van der Waals surface area contributed by atoms with Crippen LogP contribution in [-0.2, 0) is 28.4 Å². The third-order valence-corrected chi connectivity index (χ3v) is 3.17. The molecule has 6 nitrogen and oxygen atoms in total. The van der Waals surface area contributed by atoms with Gasteiger partial charge in [0.15, 0.2) is 0 Å². The highest BCUT2D eigenvalue weighted by molar-refractivity contribution is 5.11. The Kier molecular flexibility index (Phi) is 15.7. The molecule has 0 N–H and O–H groups in total. The average Bonchev–Trinajstić information content (AvgIpc) is 2.63. The molecule has 1 aromatic carbocycles. The van der Waals surface area contributed by atoms with Crippen molar-refractivity contribution in [3.63, 3.8) is 0 Å². The van der Waals surface area contributed by atoms with Gasteiger partial charge in [0.05, 0.1) is 79.3 Å². The summed E-state index contributed by atoms with van der Waals surface area (Å²) in [5.74, 6) is 0. The standard InChI is InChI=1S/C12H24O6.C7H8/c1-2-14-5-6-16-9-10-18-12-11-17-8-7-15-4-3-13-1;1-7-5-3-2-4-6-7/h1-12H2;2-6H,1H3. The Hall–Kier alpha value is -1.02. The second-order valence-electron chi connectivity index (χ2n) is 5.33. The second kappa shape index (κ2) is 17.8. The minimum absolute atomic E-state index is 0.586. The molecule has 0 amide bonds. The summed E-state index contributed by atoms with van der Waals surface area (Å²) in [6.45, 7) is 9.12. The highest BCUT2D eigenvalue weighted by atomic mass is 16.6. The number of aryl methyl sites for hydroxylation is 1. The van der Waals surface area contributed by atoms with Crippen LogP contribution in [0, 0.1) is 6.92 Å².